The molecule has 218 valence electrons. The van der Waals surface area contributed by atoms with E-state index in [1.54, 1.807) is 0 Å². The molecule has 2 nitrogen and oxygen atoms in total. The second kappa shape index (κ2) is 10.8. The van der Waals surface area contributed by atoms with E-state index in [2.05, 4.69) is 180 Å². The Morgan fingerprint density at radius 2 is 1.26 bits per heavy atom. The number of rotatable bonds is 5. The quantitative estimate of drug-likeness (QED) is 0.189. The highest BCUT2D eigenvalue weighted by Gasteiger charge is 2.21. The Hall–Kier alpha value is -5.64. The third kappa shape index (κ3) is 4.24. The summed E-state index contributed by atoms with van der Waals surface area (Å²) < 4.78 is 5.11. The second-order valence-corrected chi connectivity index (χ2v) is 12.9. The van der Waals surface area contributed by atoms with Gasteiger partial charge in [0.05, 0.1) is 16.7 Å². The van der Waals surface area contributed by atoms with Gasteiger partial charge in [0.15, 0.2) is 0 Å². The van der Waals surface area contributed by atoms with E-state index in [4.69, 9.17) is 0 Å². The molecule has 0 bridgehead atoms. The first-order chi connectivity index (χ1) is 22.7. The summed E-state index contributed by atoms with van der Waals surface area (Å²) in [6.45, 7) is 2.16. The fourth-order valence-electron chi connectivity index (χ4n) is 7.02. The Balaban J connectivity index is 1.37. The highest BCUT2D eigenvalue weighted by Crippen LogP contribution is 2.46. The second-order valence-electron chi connectivity index (χ2n) is 11.9. The van der Waals surface area contributed by atoms with Crippen molar-refractivity contribution in [2.24, 2.45) is 0 Å². The van der Waals surface area contributed by atoms with E-state index in [1.165, 1.54) is 58.7 Å². The van der Waals surface area contributed by atoms with E-state index in [0.29, 0.717) is 0 Å². The Labute approximate surface area is 272 Å². The van der Waals surface area contributed by atoms with Crippen LogP contribution in [0.3, 0.4) is 0 Å². The van der Waals surface area contributed by atoms with Gasteiger partial charge in [0.1, 0.15) is 0 Å². The molecule has 0 aliphatic carbocycles. The van der Waals surface area contributed by atoms with Crippen LogP contribution < -0.4 is 4.90 Å². The first-order valence-electron chi connectivity index (χ1n) is 15.7. The predicted molar refractivity (Wildman–Crippen MR) is 199 cm³/mol. The minimum absolute atomic E-state index is 1.12. The molecule has 2 aromatic heterocycles. The van der Waals surface area contributed by atoms with Gasteiger partial charge in [-0.05, 0) is 67.1 Å². The van der Waals surface area contributed by atoms with Crippen LogP contribution in [0.25, 0.3) is 58.8 Å². The Kier molecular flexibility index (Phi) is 6.25. The average molecular weight is 607 g/mol. The molecule has 9 aromatic rings. The summed E-state index contributed by atoms with van der Waals surface area (Å²) in [4.78, 5) is 2.40. The van der Waals surface area contributed by atoms with Crippen molar-refractivity contribution >= 4 is 70.4 Å². The molecule has 0 amide bonds. The molecule has 0 aliphatic heterocycles. The van der Waals surface area contributed by atoms with E-state index in [-0.39, 0.29) is 0 Å². The summed E-state index contributed by atoms with van der Waals surface area (Å²) in [5.74, 6) is 0. The lowest BCUT2D eigenvalue weighted by Crippen LogP contribution is -2.11. The zero-order valence-corrected chi connectivity index (χ0v) is 26.2. The third-order valence-electron chi connectivity index (χ3n) is 9.01. The van der Waals surface area contributed by atoms with Gasteiger partial charge in [0.2, 0.25) is 0 Å². The lowest BCUT2D eigenvalue weighted by atomic mass is 10.00. The first kappa shape index (κ1) is 26.7. The van der Waals surface area contributed by atoms with Gasteiger partial charge in [-0.3, -0.25) is 0 Å². The van der Waals surface area contributed by atoms with E-state index in [1.807, 2.05) is 11.3 Å². The summed E-state index contributed by atoms with van der Waals surface area (Å²) in [6, 6.07) is 59.5. The molecule has 0 saturated heterocycles. The van der Waals surface area contributed by atoms with Crippen LogP contribution in [0.2, 0.25) is 0 Å². The van der Waals surface area contributed by atoms with E-state index in [9.17, 15) is 0 Å². The van der Waals surface area contributed by atoms with Crippen LogP contribution in [0.4, 0.5) is 17.1 Å². The van der Waals surface area contributed by atoms with Crippen LogP contribution in [0, 0.1) is 6.92 Å². The molecule has 0 spiro atoms. The number of hydrogen-bond acceptors (Lipinski definition) is 2. The zero-order chi connectivity index (χ0) is 30.6. The molecule has 46 heavy (non-hydrogen) atoms. The predicted octanol–water partition coefficient (Wildman–Crippen LogP) is 12.6. The van der Waals surface area contributed by atoms with Gasteiger partial charge in [-0.25, -0.2) is 0 Å². The van der Waals surface area contributed by atoms with Crippen molar-refractivity contribution in [2.75, 3.05) is 4.90 Å². The lowest BCUT2D eigenvalue weighted by Gasteiger charge is -2.28. The number of benzene rings is 7. The summed E-state index contributed by atoms with van der Waals surface area (Å²) in [5, 5.41) is 5.16. The van der Waals surface area contributed by atoms with Crippen LogP contribution in [0.15, 0.2) is 164 Å². The molecule has 0 aliphatic rings. The van der Waals surface area contributed by atoms with Gasteiger partial charge in [-0.15, -0.1) is 11.3 Å². The molecule has 2 heterocycles. The molecule has 0 unspecified atom stereocenters. The van der Waals surface area contributed by atoms with Gasteiger partial charge >= 0.3 is 0 Å². The summed E-state index contributed by atoms with van der Waals surface area (Å²) in [6.07, 6.45) is 0. The summed E-state index contributed by atoms with van der Waals surface area (Å²) >= 11 is 1.87. The molecular formula is C43H30N2S. The minimum Gasteiger partial charge on any atom is -0.310 e. The number of aryl methyl sites for hydroxylation is 1. The maximum absolute atomic E-state index is 2.48. The maximum Gasteiger partial charge on any atom is 0.0634 e. The van der Waals surface area contributed by atoms with Crippen molar-refractivity contribution in [3.8, 4) is 16.8 Å². The monoisotopic (exact) mass is 606 g/mol. The number of fused-ring (bicyclic) bond motifs is 7. The third-order valence-corrected chi connectivity index (χ3v) is 10.1. The highest BCUT2D eigenvalue weighted by molar-refractivity contribution is 7.26. The number of para-hydroxylation sites is 3. The van der Waals surface area contributed by atoms with Crippen molar-refractivity contribution < 1.29 is 0 Å². The number of hydrogen-bond donors (Lipinski definition) is 0. The molecule has 3 heteroatoms. The van der Waals surface area contributed by atoms with Crippen LogP contribution in [0.5, 0.6) is 0 Å². The smallest absolute Gasteiger partial charge is 0.0634 e. The van der Waals surface area contributed by atoms with E-state index >= 15 is 0 Å². The average Bonchev–Trinajstić information content (AvgIpc) is 3.65. The van der Waals surface area contributed by atoms with Crippen LogP contribution >= 0.6 is 11.3 Å². The highest BCUT2D eigenvalue weighted by atomic mass is 32.1. The number of aromatic nitrogens is 1. The van der Waals surface area contributed by atoms with Gasteiger partial charge < -0.3 is 9.47 Å². The number of nitrogens with zero attached hydrogens (tertiary/aromatic N) is 2. The standard InChI is InChI=1S/C43H30N2S/c1-29-13-12-14-30(27-29)34-19-8-10-21-38(34)44(31-15-4-2-5-16-31)33-23-24-35-36-25-26-41-42(37-20-9-11-22-40(37)46-41)43(36)45(39(35)28-33)32-17-6-3-7-18-32/h2-28H,1H3. The molecule has 0 radical (unpaired) electrons. The zero-order valence-electron chi connectivity index (χ0n) is 25.4. The van der Waals surface area contributed by atoms with E-state index in [0.717, 1.165) is 22.7 Å². The topological polar surface area (TPSA) is 8.17 Å². The van der Waals surface area contributed by atoms with Gasteiger partial charge in [0, 0.05) is 53.6 Å². The van der Waals surface area contributed by atoms with Crippen molar-refractivity contribution in [3.05, 3.63) is 169 Å². The molecule has 0 saturated carbocycles. The number of thiophene rings is 1. The number of anilines is 3. The molecule has 0 atom stereocenters. The van der Waals surface area contributed by atoms with Gasteiger partial charge in [-0.1, -0.05) is 115 Å². The first-order valence-corrected chi connectivity index (χ1v) is 16.5. The molecular weight excluding hydrogens is 577 g/mol. The fourth-order valence-corrected chi connectivity index (χ4v) is 8.12. The molecule has 0 fully saturated rings. The Morgan fingerprint density at radius 3 is 2.11 bits per heavy atom. The van der Waals surface area contributed by atoms with E-state index < -0.39 is 0 Å². The Bertz CT molecular complexity index is 2540. The normalized spacial score (nSPS) is 11.6. The largest absolute Gasteiger partial charge is 0.310 e. The van der Waals surface area contributed by atoms with Crippen molar-refractivity contribution in [2.45, 2.75) is 6.92 Å². The minimum atomic E-state index is 1.12. The summed E-state index contributed by atoms with van der Waals surface area (Å²) in [5.41, 5.74) is 10.7. The van der Waals surface area contributed by atoms with Crippen molar-refractivity contribution in [1.29, 1.82) is 0 Å². The Morgan fingerprint density at radius 1 is 0.522 bits per heavy atom. The van der Waals surface area contributed by atoms with Crippen LogP contribution in [-0.2, 0) is 0 Å². The SMILES string of the molecule is Cc1cccc(-c2ccccc2N(c2ccccc2)c2ccc3c4ccc5sc6ccccc6c5c4n(-c4ccccc4)c3c2)c1. The van der Waals surface area contributed by atoms with Gasteiger partial charge in [0.25, 0.3) is 0 Å². The molecule has 7 aromatic carbocycles. The molecule has 9 rings (SSSR count). The fraction of sp³-hybridized carbons (Fsp3) is 0.0233. The van der Waals surface area contributed by atoms with Crippen LogP contribution in [0.1, 0.15) is 5.56 Å². The van der Waals surface area contributed by atoms with Gasteiger partial charge in [-0.2, -0.15) is 0 Å². The maximum atomic E-state index is 2.48. The van der Waals surface area contributed by atoms with Crippen molar-refractivity contribution in [3.63, 3.8) is 0 Å². The lowest BCUT2D eigenvalue weighted by molar-refractivity contribution is 1.18. The molecule has 0 N–H and O–H groups in total. The summed E-state index contributed by atoms with van der Waals surface area (Å²) in [7, 11) is 0. The van der Waals surface area contributed by atoms with Crippen LogP contribution in [-0.4, -0.2) is 4.57 Å². The van der Waals surface area contributed by atoms with Crippen molar-refractivity contribution in [1.82, 2.24) is 4.57 Å².